The molecule has 0 N–H and O–H groups in total. The Hall–Kier alpha value is -1.70. The fourth-order valence-electron chi connectivity index (χ4n) is 1.54. The van der Waals surface area contributed by atoms with Crippen molar-refractivity contribution in [1.29, 1.82) is 0 Å². The van der Waals surface area contributed by atoms with Crippen LogP contribution in [0.4, 0.5) is 0 Å². The highest BCUT2D eigenvalue weighted by Gasteiger charge is 2.04. The van der Waals surface area contributed by atoms with E-state index in [0.717, 1.165) is 11.4 Å². The Bertz CT molecular complexity index is 472. The molecule has 0 atom stereocenters. The summed E-state index contributed by atoms with van der Waals surface area (Å²) in [4.78, 5) is 8.68. The maximum atomic E-state index is 4.42. The molecule has 0 bridgehead atoms. The minimum atomic E-state index is 1.02. The van der Waals surface area contributed by atoms with Crippen molar-refractivity contribution in [3.05, 3.63) is 47.4 Å². The Morgan fingerprint density at radius 3 is 2.40 bits per heavy atom. The third-order valence-electron chi connectivity index (χ3n) is 2.64. The predicted octanol–water partition coefficient (Wildman–Crippen LogP) is 3.07. The number of rotatable bonds is 1. The predicted molar refractivity (Wildman–Crippen MR) is 61.7 cm³/mol. The van der Waals surface area contributed by atoms with Crippen molar-refractivity contribution in [2.45, 2.75) is 20.8 Å². The van der Waals surface area contributed by atoms with Crippen LogP contribution >= 0.6 is 0 Å². The van der Waals surface area contributed by atoms with Crippen molar-refractivity contribution < 1.29 is 0 Å². The molecule has 2 heteroatoms. The average Bonchev–Trinajstić information content (AvgIpc) is 2.24. The lowest BCUT2D eigenvalue weighted by Crippen LogP contribution is -1.92. The van der Waals surface area contributed by atoms with Crippen LogP contribution in [0.1, 0.15) is 16.8 Å². The third kappa shape index (κ3) is 1.89. The molecule has 0 saturated carbocycles. The van der Waals surface area contributed by atoms with Crippen LogP contribution in [0.2, 0.25) is 0 Å². The molecule has 2 heterocycles. The summed E-state index contributed by atoms with van der Waals surface area (Å²) in [6.45, 7) is 6.15. The van der Waals surface area contributed by atoms with Gasteiger partial charge in [-0.05, 0) is 44.0 Å². The van der Waals surface area contributed by atoms with E-state index >= 15 is 0 Å². The van der Waals surface area contributed by atoms with Gasteiger partial charge in [0.2, 0.25) is 0 Å². The number of nitrogens with zero attached hydrogens (tertiary/aromatic N) is 2. The first-order valence-corrected chi connectivity index (χ1v) is 5.03. The van der Waals surface area contributed by atoms with Crippen molar-refractivity contribution in [1.82, 2.24) is 9.97 Å². The van der Waals surface area contributed by atoms with Crippen molar-refractivity contribution >= 4 is 0 Å². The van der Waals surface area contributed by atoms with Crippen LogP contribution in [-0.4, -0.2) is 9.97 Å². The molecular weight excluding hydrogens is 184 g/mol. The standard InChI is InChI=1S/C13H14N2/c1-9-4-5-13(15-8-9)12-6-7-14-11(3)10(12)2/h4-8H,1-3H3. The lowest BCUT2D eigenvalue weighted by Gasteiger charge is -2.06. The summed E-state index contributed by atoms with van der Waals surface area (Å²) < 4.78 is 0. The van der Waals surface area contributed by atoms with Crippen LogP contribution in [-0.2, 0) is 0 Å². The summed E-state index contributed by atoms with van der Waals surface area (Å²) in [5, 5.41) is 0. The molecule has 0 spiro atoms. The zero-order valence-electron chi connectivity index (χ0n) is 9.28. The summed E-state index contributed by atoms with van der Waals surface area (Å²) in [6.07, 6.45) is 3.73. The van der Waals surface area contributed by atoms with Gasteiger partial charge in [0, 0.05) is 23.7 Å². The number of aromatic nitrogens is 2. The largest absolute Gasteiger partial charge is 0.261 e. The Balaban J connectivity index is 2.54. The fraction of sp³-hybridized carbons (Fsp3) is 0.231. The van der Waals surface area contributed by atoms with Gasteiger partial charge in [-0.1, -0.05) is 6.07 Å². The smallest absolute Gasteiger partial charge is 0.0706 e. The Morgan fingerprint density at radius 2 is 1.73 bits per heavy atom. The number of hydrogen-bond donors (Lipinski definition) is 0. The van der Waals surface area contributed by atoms with Crippen LogP contribution in [0, 0.1) is 20.8 Å². The van der Waals surface area contributed by atoms with Crippen LogP contribution in [0.5, 0.6) is 0 Å². The minimum absolute atomic E-state index is 1.02. The molecule has 0 aromatic carbocycles. The van der Waals surface area contributed by atoms with Crippen molar-refractivity contribution in [3.63, 3.8) is 0 Å². The first-order chi connectivity index (χ1) is 7.18. The van der Waals surface area contributed by atoms with E-state index in [-0.39, 0.29) is 0 Å². The van der Waals surface area contributed by atoms with E-state index in [9.17, 15) is 0 Å². The molecule has 76 valence electrons. The fourth-order valence-corrected chi connectivity index (χ4v) is 1.54. The first-order valence-electron chi connectivity index (χ1n) is 5.03. The SMILES string of the molecule is Cc1ccc(-c2ccnc(C)c2C)nc1. The second-order valence-electron chi connectivity index (χ2n) is 3.79. The topological polar surface area (TPSA) is 25.8 Å². The van der Waals surface area contributed by atoms with E-state index in [1.54, 1.807) is 0 Å². The number of aryl methyl sites for hydroxylation is 2. The molecule has 2 rings (SSSR count). The van der Waals surface area contributed by atoms with Crippen LogP contribution < -0.4 is 0 Å². The first kappa shape index (κ1) is 9.84. The van der Waals surface area contributed by atoms with Crippen molar-refractivity contribution in [2.75, 3.05) is 0 Å². The maximum absolute atomic E-state index is 4.42. The zero-order valence-corrected chi connectivity index (χ0v) is 9.28. The molecule has 0 unspecified atom stereocenters. The molecule has 2 aromatic rings. The monoisotopic (exact) mass is 198 g/mol. The molecule has 2 nitrogen and oxygen atoms in total. The quantitative estimate of drug-likeness (QED) is 0.703. The lowest BCUT2D eigenvalue weighted by molar-refractivity contribution is 1.14. The van der Waals surface area contributed by atoms with Gasteiger partial charge in [-0.3, -0.25) is 9.97 Å². The summed E-state index contributed by atoms with van der Waals surface area (Å²) >= 11 is 0. The zero-order chi connectivity index (χ0) is 10.8. The Morgan fingerprint density at radius 1 is 0.933 bits per heavy atom. The highest BCUT2D eigenvalue weighted by molar-refractivity contribution is 5.63. The van der Waals surface area contributed by atoms with E-state index in [1.807, 2.05) is 32.3 Å². The summed E-state index contributed by atoms with van der Waals surface area (Å²) in [5.74, 6) is 0. The van der Waals surface area contributed by atoms with Gasteiger partial charge >= 0.3 is 0 Å². The van der Waals surface area contributed by atoms with E-state index in [0.29, 0.717) is 0 Å². The highest BCUT2D eigenvalue weighted by atomic mass is 14.7. The number of pyridine rings is 2. The maximum Gasteiger partial charge on any atom is 0.0706 e. The molecular formula is C13H14N2. The second-order valence-corrected chi connectivity index (χ2v) is 3.79. The summed E-state index contributed by atoms with van der Waals surface area (Å²) in [5.41, 5.74) is 5.64. The van der Waals surface area contributed by atoms with Gasteiger partial charge in [0.15, 0.2) is 0 Å². The van der Waals surface area contributed by atoms with Gasteiger partial charge in [0.1, 0.15) is 0 Å². The van der Waals surface area contributed by atoms with Crippen molar-refractivity contribution in [3.8, 4) is 11.3 Å². The summed E-state index contributed by atoms with van der Waals surface area (Å²) in [7, 11) is 0. The van der Waals surface area contributed by atoms with Crippen molar-refractivity contribution in [2.24, 2.45) is 0 Å². The van der Waals surface area contributed by atoms with E-state index < -0.39 is 0 Å². The van der Waals surface area contributed by atoms with E-state index in [2.05, 4.69) is 29.0 Å². The van der Waals surface area contributed by atoms with Gasteiger partial charge < -0.3 is 0 Å². The molecule has 0 amide bonds. The van der Waals surface area contributed by atoms with Crippen LogP contribution in [0.3, 0.4) is 0 Å². The van der Waals surface area contributed by atoms with E-state index in [1.165, 1.54) is 16.7 Å². The molecule has 0 aliphatic carbocycles. The average molecular weight is 198 g/mol. The van der Waals surface area contributed by atoms with Crippen LogP contribution in [0.15, 0.2) is 30.6 Å². The molecule has 2 aromatic heterocycles. The van der Waals surface area contributed by atoms with E-state index in [4.69, 9.17) is 0 Å². The molecule has 0 fully saturated rings. The van der Waals surface area contributed by atoms with Crippen LogP contribution in [0.25, 0.3) is 11.3 Å². The molecule has 0 aliphatic heterocycles. The minimum Gasteiger partial charge on any atom is -0.261 e. The van der Waals surface area contributed by atoms with Gasteiger partial charge in [0.25, 0.3) is 0 Å². The Labute approximate surface area is 90.0 Å². The van der Waals surface area contributed by atoms with Gasteiger partial charge in [0.05, 0.1) is 5.69 Å². The second kappa shape index (κ2) is 3.81. The molecule has 15 heavy (non-hydrogen) atoms. The molecule has 0 aliphatic rings. The summed E-state index contributed by atoms with van der Waals surface area (Å²) in [6, 6.07) is 6.15. The van der Waals surface area contributed by atoms with Gasteiger partial charge in [-0.15, -0.1) is 0 Å². The molecule has 0 saturated heterocycles. The third-order valence-corrected chi connectivity index (χ3v) is 2.64. The molecule has 0 radical (unpaired) electrons. The Kier molecular flexibility index (Phi) is 2.50. The normalized spacial score (nSPS) is 10.3. The lowest BCUT2D eigenvalue weighted by atomic mass is 10.0. The van der Waals surface area contributed by atoms with Gasteiger partial charge in [-0.25, -0.2) is 0 Å². The highest BCUT2D eigenvalue weighted by Crippen LogP contribution is 2.22. The van der Waals surface area contributed by atoms with Gasteiger partial charge in [-0.2, -0.15) is 0 Å². The number of hydrogen-bond acceptors (Lipinski definition) is 2.